The van der Waals surface area contributed by atoms with Crippen molar-refractivity contribution in [2.75, 3.05) is 25.0 Å². The number of hydrogen-bond acceptors (Lipinski definition) is 4. The maximum Gasteiger partial charge on any atom is 0.248 e. The molecule has 178 valence electrons. The Balaban J connectivity index is 2.09. The first-order valence-electron chi connectivity index (χ1n) is 11.1. The topological polar surface area (TPSA) is 67.9 Å². The quantitative estimate of drug-likeness (QED) is 0.503. The molecule has 1 fully saturated rings. The lowest BCUT2D eigenvalue weighted by Gasteiger charge is -2.35. The molecule has 1 aliphatic rings. The molecule has 0 unspecified atom stereocenters. The second-order valence-electron chi connectivity index (χ2n) is 8.27. The van der Waals surface area contributed by atoms with Gasteiger partial charge < -0.3 is 14.8 Å². The van der Waals surface area contributed by atoms with Gasteiger partial charge in [0.2, 0.25) is 11.8 Å². The van der Waals surface area contributed by atoms with Gasteiger partial charge in [-0.15, -0.1) is 11.6 Å². The number of amides is 2. The third-order valence-electron chi connectivity index (χ3n) is 6.16. The lowest BCUT2D eigenvalue weighted by Crippen LogP contribution is -2.49. The van der Waals surface area contributed by atoms with Crippen molar-refractivity contribution in [3.8, 4) is 11.5 Å². The van der Waals surface area contributed by atoms with Crippen molar-refractivity contribution in [3.63, 3.8) is 0 Å². The Kier molecular flexibility index (Phi) is 8.87. The number of nitrogens with zero attached hydrogens (tertiary/aromatic N) is 1. The molecule has 8 heteroatoms. The average molecular weight is 493 g/mol. The normalized spacial score (nSPS) is 18.8. The number of methoxy groups -OCH3 is 2. The molecule has 1 aliphatic carbocycles. The first kappa shape index (κ1) is 25.2. The van der Waals surface area contributed by atoms with Crippen LogP contribution in [0.25, 0.3) is 0 Å². The highest BCUT2D eigenvalue weighted by Gasteiger charge is 2.36. The molecule has 6 nitrogen and oxygen atoms in total. The van der Waals surface area contributed by atoms with E-state index in [2.05, 4.69) is 12.2 Å². The second-order valence-corrected chi connectivity index (χ2v) is 8.97. The number of hydrogen-bond donors (Lipinski definition) is 1. The molecule has 0 heterocycles. The number of nitrogens with one attached hydrogen (secondary N) is 1. The van der Waals surface area contributed by atoms with Gasteiger partial charge in [-0.05, 0) is 48.6 Å². The fourth-order valence-electron chi connectivity index (χ4n) is 4.32. The third kappa shape index (κ3) is 5.92. The van der Waals surface area contributed by atoms with Crippen LogP contribution in [0.1, 0.15) is 44.2 Å². The highest BCUT2D eigenvalue weighted by Crippen LogP contribution is 2.38. The lowest BCUT2D eigenvalue weighted by atomic mass is 9.85. The van der Waals surface area contributed by atoms with Crippen molar-refractivity contribution in [1.82, 2.24) is 5.32 Å². The summed E-state index contributed by atoms with van der Waals surface area (Å²) in [6.45, 7) is 2.15. The number of ether oxygens (including phenoxy) is 2. The predicted octanol–water partition coefficient (Wildman–Crippen LogP) is 5.37. The molecule has 0 aliphatic heterocycles. The molecule has 2 amide bonds. The van der Waals surface area contributed by atoms with Crippen molar-refractivity contribution < 1.29 is 19.1 Å². The molecule has 0 bridgehead atoms. The van der Waals surface area contributed by atoms with Crippen molar-refractivity contribution in [3.05, 3.63) is 53.1 Å². The summed E-state index contributed by atoms with van der Waals surface area (Å²) in [4.78, 5) is 28.3. The summed E-state index contributed by atoms with van der Waals surface area (Å²) < 4.78 is 10.8. The Labute approximate surface area is 205 Å². The Hall–Kier alpha value is -2.44. The number of benzene rings is 2. The zero-order valence-electron chi connectivity index (χ0n) is 19.1. The van der Waals surface area contributed by atoms with Crippen LogP contribution in [0.3, 0.4) is 0 Å². The fourth-order valence-corrected chi connectivity index (χ4v) is 4.58. The van der Waals surface area contributed by atoms with Crippen LogP contribution in [-0.4, -0.2) is 38.0 Å². The van der Waals surface area contributed by atoms with Crippen molar-refractivity contribution in [2.24, 2.45) is 5.92 Å². The van der Waals surface area contributed by atoms with E-state index in [1.165, 1.54) is 12.0 Å². The molecule has 2 aromatic rings. The zero-order valence-corrected chi connectivity index (χ0v) is 20.7. The summed E-state index contributed by atoms with van der Waals surface area (Å²) in [6, 6.07) is 11.1. The number of carbonyl (C=O) groups is 2. The molecule has 0 spiro atoms. The fraction of sp³-hybridized carbons (Fsp3) is 0.440. The lowest BCUT2D eigenvalue weighted by molar-refractivity contribution is -0.126. The summed E-state index contributed by atoms with van der Waals surface area (Å²) in [7, 11) is 3.05. The number of anilines is 1. The average Bonchev–Trinajstić information content (AvgIpc) is 2.83. The third-order valence-corrected chi connectivity index (χ3v) is 6.64. The van der Waals surface area contributed by atoms with Gasteiger partial charge in [-0.2, -0.15) is 0 Å². The van der Waals surface area contributed by atoms with Gasteiger partial charge >= 0.3 is 0 Å². The number of alkyl halides is 1. The molecule has 33 heavy (non-hydrogen) atoms. The van der Waals surface area contributed by atoms with E-state index in [1.807, 2.05) is 0 Å². The summed E-state index contributed by atoms with van der Waals surface area (Å²) >= 11 is 12.1. The Bertz CT molecular complexity index is 967. The van der Waals surface area contributed by atoms with Crippen LogP contribution < -0.4 is 19.7 Å². The monoisotopic (exact) mass is 492 g/mol. The Morgan fingerprint density at radius 3 is 2.39 bits per heavy atom. The number of carbonyl (C=O) groups excluding carboxylic acids is 2. The maximum absolute atomic E-state index is 13.8. The van der Waals surface area contributed by atoms with Gasteiger partial charge in [0.1, 0.15) is 23.4 Å². The minimum Gasteiger partial charge on any atom is -0.497 e. The largest absolute Gasteiger partial charge is 0.497 e. The maximum atomic E-state index is 13.8. The van der Waals surface area contributed by atoms with Gasteiger partial charge in [0.15, 0.2) is 0 Å². The minimum atomic E-state index is -0.954. The molecule has 0 aromatic heterocycles. The van der Waals surface area contributed by atoms with Gasteiger partial charge in [-0.3, -0.25) is 14.5 Å². The van der Waals surface area contributed by atoms with E-state index in [4.69, 9.17) is 32.7 Å². The van der Waals surface area contributed by atoms with E-state index in [1.54, 1.807) is 49.6 Å². The second kappa shape index (κ2) is 11.6. The van der Waals surface area contributed by atoms with E-state index in [0.29, 0.717) is 33.7 Å². The van der Waals surface area contributed by atoms with Crippen LogP contribution >= 0.6 is 23.2 Å². The van der Waals surface area contributed by atoms with Crippen molar-refractivity contribution in [1.29, 1.82) is 0 Å². The van der Waals surface area contributed by atoms with Crippen molar-refractivity contribution >= 4 is 40.7 Å². The van der Waals surface area contributed by atoms with E-state index in [0.717, 1.165) is 25.7 Å². The highest BCUT2D eigenvalue weighted by atomic mass is 35.5. The minimum absolute atomic E-state index is 0.0479. The molecule has 1 N–H and O–H groups in total. The SMILES string of the molecule is COc1ccc(N(C(=O)CCl)[C@H](C(=O)N[C@H]2CCCC[C@@H]2C)c2ccc(Cl)cc2)c(OC)c1. The van der Waals surface area contributed by atoms with Gasteiger partial charge in [-0.1, -0.05) is 43.5 Å². The van der Waals surface area contributed by atoms with Crippen LogP contribution in [0.5, 0.6) is 11.5 Å². The molecule has 1 saturated carbocycles. The van der Waals surface area contributed by atoms with Crippen LogP contribution in [0.2, 0.25) is 5.02 Å². The van der Waals surface area contributed by atoms with Crippen molar-refractivity contribution in [2.45, 2.75) is 44.7 Å². The van der Waals surface area contributed by atoms with Crippen LogP contribution in [-0.2, 0) is 9.59 Å². The Morgan fingerprint density at radius 2 is 1.79 bits per heavy atom. The first-order chi connectivity index (χ1) is 15.9. The summed E-state index contributed by atoms with van der Waals surface area (Å²) in [5.74, 6) is 0.329. The van der Waals surface area contributed by atoms with Crippen LogP contribution in [0, 0.1) is 5.92 Å². The molecule has 0 saturated heterocycles. The van der Waals surface area contributed by atoms with E-state index in [9.17, 15) is 9.59 Å². The summed E-state index contributed by atoms with van der Waals surface area (Å²) in [5, 5.41) is 3.73. The highest BCUT2D eigenvalue weighted by molar-refractivity contribution is 6.30. The molecule has 2 aromatic carbocycles. The van der Waals surface area contributed by atoms with Crippen LogP contribution in [0.4, 0.5) is 5.69 Å². The standard InChI is InChI=1S/C25H30Cl2N2O4/c1-16-6-4-5-7-20(16)28-25(31)24(17-8-10-18(27)11-9-17)29(23(30)15-26)21-13-12-19(32-2)14-22(21)33-3/h8-14,16,20,24H,4-7,15H2,1-3H3,(H,28,31)/t16-,20-,24-/m0/s1. The molecule has 3 atom stereocenters. The molecular weight excluding hydrogens is 463 g/mol. The van der Waals surface area contributed by atoms with Crippen LogP contribution in [0.15, 0.2) is 42.5 Å². The number of halogens is 2. The van der Waals surface area contributed by atoms with Gasteiger partial charge in [0, 0.05) is 17.1 Å². The molecule has 3 rings (SSSR count). The van der Waals surface area contributed by atoms with E-state index < -0.39 is 11.9 Å². The van der Waals surface area contributed by atoms with Gasteiger partial charge in [0.25, 0.3) is 0 Å². The molecule has 0 radical (unpaired) electrons. The summed E-state index contributed by atoms with van der Waals surface area (Å²) in [5.41, 5.74) is 1.05. The zero-order chi connectivity index (χ0) is 24.0. The smallest absolute Gasteiger partial charge is 0.248 e. The van der Waals surface area contributed by atoms with Gasteiger partial charge in [-0.25, -0.2) is 0 Å². The first-order valence-corrected chi connectivity index (χ1v) is 12.0. The van der Waals surface area contributed by atoms with E-state index in [-0.39, 0.29) is 17.8 Å². The summed E-state index contributed by atoms with van der Waals surface area (Å²) in [6.07, 6.45) is 4.20. The van der Waals surface area contributed by atoms with E-state index >= 15 is 0 Å². The predicted molar refractivity (Wildman–Crippen MR) is 132 cm³/mol. The van der Waals surface area contributed by atoms with Gasteiger partial charge in [0.05, 0.1) is 19.9 Å². The Morgan fingerprint density at radius 1 is 1.09 bits per heavy atom. The number of rotatable bonds is 8. The molecular formula is C25H30Cl2N2O4.